The number of hydrogen-bond acceptors (Lipinski definition) is 6. The van der Waals surface area contributed by atoms with Crippen LogP contribution in [-0.2, 0) is 9.53 Å². The van der Waals surface area contributed by atoms with E-state index in [0.29, 0.717) is 30.1 Å². The van der Waals surface area contributed by atoms with E-state index in [9.17, 15) is 9.59 Å². The van der Waals surface area contributed by atoms with Gasteiger partial charge in [-0.3, -0.25) is 5.43 Å². The van der Waals surface area contributed by atoms with Crippen molar-refractivity contribution in [1.82, 2.24) is 15.3 Å². The molecule has 1 amide bonds. The topological polar surface area (TPSA) is 85.7 Å². The van der Waals surface area contributed by atoms with E-state index in [1.165, 1.54) is 26.7 Å². The van der Waals surface area contributed by atoms with Gasteiger partial charge in [-0.05, 0) is 69.6 Å². The Kier molecular flexibility index (Phi) is 19.4. The van der Waals surface area contributed by atoms with Crippen molar-refractivity contribution < 1.29 is 14.3 Å². The van der Waals surface area contributed by atoms with Crippen molar-refractivity contribution in [2.75, 3.05) is 26.2 Å². The van der Waals surface area contributed by atoms with Crippen LogP contribution in [0, 0.1) is 35.0 Å². The van der Waals surface area contributed by atoms with Crippen molar-refractivity contribution in [2.24, 2.45) is 23.7 Å². The number of carbonyl (C=O) groups excluding carboxylic acids is 2. The summed E-state index contributed by atoms with van der Waals surface area (Å²) >= 11 is 0. The predicted octanol–water partition coefficient (Wildman–Crippen LogP) is 6.83. The number of nitriles is 1. The molecule has 2 rings (SSSR count). The maximum Gasteiger partial charge on any atom is 0.410 e. The molecular weight excluding hydrogens is 464 g/mol. The third kappa shape index (κ3) is 14.2. The Morgan fingerprint density at radius 1 is 1.16 bits per heavy atom. The molecule has 0 aromatic heterocycles. The molecule has 0 spiro atoms. The lowest BCUT2D eigenvalue weighted by Gasteiger charge is -2.43. The molecule has 1 aliphatic carbocycles. The molecular formula is C30H58N4O3. The summed E-state index contributed by atoms with van der Waals surface area (Å²) < 4.78 is 6.02. The number of ether oxygens (including phenoxy) is 1. The fourth-order valence-corrected chi connectivity index (χ4v) is 5.25. The first kappa shape index (κ1) is 35.4. The van der Waals surface area contributed by atoms with Crippen LogP contribution in [0.25, 0.3) is 0 Å². The lowest BCUT2D eigenvalue weighted by molar-refractivity contribution is -0.115. The van der Waals surface area contributed by atoms with Crippen molar-refractivity contribution in [3.8, 4) is 6.07 Å². The number of ketones is 1. The molecule has 2 fully saturated rings. The van der Waals surface area contributed by atoms with Crippen LogP contribution in [0.15, 0.2) is 0 Å². The Morgan fingerprint density at radius 3 is 2.35 bits per heavy atom. The standard InChI is InChI=1S/C25H46N4O2.C3H6O.C2H6/c1-6-8-10-23(7-2)31-25(30)29(17-19(3)4)24-15-21(12-11-20(24)5)22-16-27-28(18-22)14-9-13-26;1-3(2)4;1-2/h19-24,27H,6-12,14-18H2,1-5H3;1-2H3;1-2H3. The van der Waals surface area contributed by atoms with Gasteiger partial charge in [-0.2, -0.15) is 5.26 Å². The summed E-state index contributed by atoms with van der Waals surface area (Å²) in [4.78, 5) is 24.8. The van der Waals surface area contributed by atoms with Crippen molar-refractivity contribution in [3.05, 3.63) is 0 Å². The number of hydrogen-bond donors (Lipinski definition) is 1. The van der Waals surface area contributed by atoms with Crippen molar-refractivity contribution in [1.29, 1.82) is 5.26 Å². The molecule has 1 heterocycles. The Morgan fingerprint density at radius 2 is 1.81 bits per heavy atom. The average molecular weight is 523 g/mol. The van der Waals surface area contributed by atoms with Crippen molar-refractivity contribution >= 4 is 11.9 Å². The zero-order valence-electron chi connectivity index (χ0n) is 25.5. The van der Waals surface area contributed by atoms with E-state index in [-0.39, 0.29) is 24.0 Å². The molecule has 0 radical (unpaired) electrons. The fourth-order valence-electron chi connectivity index (χ4n) is 5.25. The first-order valence-electron chi connectivity index (χ1n) is 14.9. The van der Waals surface area contributed by atoms with E-state index < -0.39 is 0 Å². The van der Waals surface area contributed by atoms with Gasteiger partial charge in [0, 0.05) is 38.6 Å². The second-order valence-electron chi connectivity index (χ2n) is 11.1. The summed E-state index contributed by atoms with van der Waals surface area (Å²) in [6.07, 6.45) is 8.04. The molecule has 0 aromatic rings. The van der Waals surface area contributed by atoms with Gasteiger partial charge in [0.1, 0.15) is 11.9 Å². The van der Waals surface area contributed by atoms with Gasteiger partial charge in [-0.1, -0.05) is 61.3 Å². The first-order chi connectivity index (χ1) is 17.6. The number of amides is 1. The number of rotatable bonds is 11. The van der Waals surface area contributed by atoms with Crippen LogP contribution in [0.1, 0.15) is 114 Å². The number of hydrazine groups is 1. The van der Waals surface area contributed by atoms with Gasteiger partial charge in [0.15, 0.2) is 0 Å². The van der Waals surface area contributed by atoms with E-state index in [1.54, 1.807) is 0 Å². The molecule has 1 saturated carbocycles. The minimum absolute atomic E-state index is 0.0320. The van der Waals surface area contributed by atoms with Gasteiger partial charge >= 0.3 is 6.09 Å². The van der Waals surface area contributed by atoms with Crippen LogP contribution < -0.4 is 5.43 Å². The quantitative estimate of drug-likeness (QED) is 0.320. The van der Waals surface area contributed by atoms with Crippen LogP contribution in [0.5, 0.6) is 0 Å². The monoisotopic (exact) mass is 522 g/mol. The molecule has 2 aliphatic rings. The maximum atomic E-state index is 13.3. The highest BCUT2D eigenvalue weighted by molar-refractivity contribution is 5.72. The largest absolute Gasteiger partial charge is 0.446 e. The Bertz CT molecular complexity index is 660. The number of nitrogens with zero attached hydrogens (tertiary/aromatic N) is 3. The van der Waals surface area contributed by atoms with Crippen molar-refractivity contribution in [3.63, 3.8) is 0 Å². The third-order valence-electron chi connectivity index (χ3n) is 7.19. The molecule has 1 saturated heterocycles. The summed E-state index contributed by atoms with van der Waals surface area (Å²) in [6.45, 7) is 21.6. The number of Topliss-reactive ketones (excluding diaryl/α,β-unsaturated/α-hetero) is 1. The lowest BCUT2D eigenvalue weighted by Crippen LogP contribution is -2.50. The Labute approximate surface area is 228 Å². The molecule has 0 bridgehead atoms. The minimum atomic E-state index is -0.102. The second-order valence-corrected chi connectivity index (χ2v) is 11.1. The van der Waals surface area contributed by atoms with Gasteiger partial charge in [0.2, 0.25) is 0 Å². The lowest BCUT2D eigenvalue weighted by atomic mass is 9.73. The molecule has 1 N–H and O–H groups in total. The fraction of sp³-hybridized carbons (Fsp3) is 0.900. The molecule has 1 aliphatic heterocycles. The summed E-state index contributed by atoms with van der Waals surface area (Å²) in [5.41, 5.74) is 3.48. The van der Waals surface area contributed by atoms with E-state index in [1.807, 2.05) is 13.8 Å². The van der Waals surface area contributed by atoms with Gasteiger partial charge in [0.25, 0.3) is 0 Å². The summed E-state index contributed by atoms with van der Waals surface area (Å²) in [5, 5.41) is 11.1. The van der Waals surface area contributed by atoms with E-state index in [2.05, 4.69) is 56.0 Å². The van der Waals surface area contributed by atoms with Gasteiger partial charge in [0.05, 0.1) is 6.07 Å². The average Bonchev–Trinajstić information content (AvgIpc) is 3.34. The molecule has 0 aromatic carbocycles. The smallest absolute Gasteiger partial charge is 0.410 e. The molecule has 7 heteroatoms. The highest BCUT2D eigenvalue weighted by atomic mass is 16.6. The van der Waals surface area contributed by atoms with Crippen LogP contribution >= 0.6 is 0 Å². The zero-order valence-corrected chi connectivity index (χ0v) is 25.5. The number of unbranched alkanes of at least 4 members (excludes halogenated alkanes) is 1. The number of carbonyl (C=O) groups is 2. The summed E-state index contributed by atoms with van der Waals surface area (Å²) in [5.74, 6) is 2.30. The molecule has 37 heavy (non-hydrogen) atoms. The van der Waals surface area contributed by atoms with Crippen LogP contribution in [0.3, 0.4) is 0 Å². The van der Waals surface area contributed by atoms with Crippen LogP contribution in [0.4, 0.5) is 4.79 Å². The van der Waals surface area contributed by atoms with Gasteiger partial charge in [-0.25, -0.2) is 9.80 Å². The maximum absolute atomic E-state index is 13.3. The summed E-state index contributed by atoms with van der Waals surface area (Å²) in [6, 6.07) is 2.50. The first-order valence-corrected chi connectivity index (χ1v) is 14.9. The SMILES string of the molecule is CC.CC(C)=O.CCCCC(CC)OC(=O)N(CC(C)C)C1CC(C2CNN(CCC#N)C2)CCC1C. The Hall–Kier alpha value is -1.65. The highest BCUT2D eigenvalue weighted by Gasteiger charge is 2.40. The normalized spacial score (nSPS) is 24.1. The molecule has 5 unspecified atom stereocenters. The van der Waals surface area contributed by atoms with Crippen LogP contribution in [0.2, 0.25) is 0 Å². The highest BCUT2D eigenvalue weighted by Crippen LogP contribution is 2.38. The van der Waals surface area contributed by atoms with Crippen LogP contribution in [-0.4, -0.2) is 60.1 Å². The van der Waals surface area contributed by atoms with Crippen molar-refractivity contribution in [2.45, 2.75) is 126 Å². The zero-order chi connectivity index (χ0) is 28.4. The van der Waals surface area contributed by atoms with E-state index >= 15 is 0 Å². The molecule has 5 atom stereocenters. The molecule has 216 valence electrons. The van der Waals surface area contributed by atoms with Gasteiger partial charge < -0.3 is 14.4 Å². The minimum Gasteiger partial charge on any atom is -0.446 e. The van der Waals surface area contributed by atoms with E-state index in [4.69, 9.17) is 10.00 Å². The predicted molar refractivity (Wildman–Crippen MR) is 153 cm³/mol. The second kappa shape index (κ2) is 20.3. The molecule has 7 nitrogen and oxygen atoms in total. The summed E-state index contributed by atoms with van der Waals surface area (Å²) in [7, 11) is 0. The van der Waals surface area contributed by atoms with E-state index in [0.717, 1.165) is 58.3 Å². The van der Waals surface area contributed by atoms with Gasteiger partial charge in [-0.15, -0.1) is 0 Å². The third-order valence-corrected chi connectivity index (χ3v) is 7.19. The number of nitrogens with one attached hydrogen (secondary N) is 1. The Balaban J connectivity index is 0.00000196.